The summed E-state index contributed by atoms with van der Waals surface area (Å²) in [5.74, 6) is -0.659. The van der Waals surface area contributed by atoms with Crippen molar-refractivity contribution >= 4 is 61.2 Å². The number of hydrogen-bond acceptors (Lipinski definition) is 7. The van der Waals surface area contributed by atoms with Gasteiger partial charge in [0.25, 0.3) is 10.0 Å². The SMILES string of the molecule is CCOC(=O)c1c(NC(=O)C2CCCN(S(=O)(=O)c3ccc(Cl)s3)C2)sc2c1CCC(C)C2. The molecule has 2 aromatic heterocycles. The maximum atomic E-state index is 13.2. The maximum Gasteiger partial charge on any atom is 0.341 e. The van der Waals surface area contributed by atoms with Crippen LogP contribution in [0.5, 0.6) is 0 Å². The number of thiophene rings is 2. The lowest BCUT2D eigenvalue weighted by atomic mass is 9.88. The standard InChI is InChI=1S/C22H27ClN2O5S3/c1-3-30-22(27)19-15-7-6-13(2)11-16(15)31-21(19)24-20(26)14-5-4-10-25(12-14)33(28,29)18-9-8-17(23)32-18/h8-9,13-14H,3-7,10-12H2,1-2H3,(H,24,26). The number of sulfonamides is 1. The first-order valence-electron chi connectivity index (χ1n) is 11.1. The number of hydrogen-bond donors (Lipinski definition) is 1. The van der Waals surface area contributed by atoms with Crippen molar-refractivity contribution in [1.29, 1.82) is 0 Å². The van der Waals surface area contributed by atoms with Crippen LogP contribution in [0.2, 0.25) is 4.34 Å². The average Bonchev–Trinajstić information content (AvgIpc) is 3.37. The number of halogens is 1. The summed E-state index contributed by atoms with van der Waals surface area (Å²) in [7, 11) is -3.70. The fourth-order valence-electron chi connectivity index (χ4n) is 4.41. The maximum absolute atomic E-state index is 13.2. The van der Waals surface area contributed by atoms with Gasteiger partial charge in [0.15, 0.2) is 0 Å². The van der Waals surface area contributed by atoms with Gasteiger partial charge >= 0.3 is 5.97 Å². The van der Waals surface area contributed by atoms with Gasteiger partial charge in [-0.2, -0.15) is 4.31 Å². The molecule has 180 valence electrons. The van der Waals surface area contributed by atoms with Crippen molar-refractivity contribution in [1.82, 2.24) is 4.31 Å². The molecule has 0 bridgehead atoms. The molecule has 4 rings (SSSR count). The van der Waals surface area contributed by atoms with Crippen LogP contribution >= 0.6 is 34.3 Å². The zero-order valence-corrected chi connectivity index (χ0v) is 21.8. The topological polar surface area (TPSA) is 92.8 Å². The van der Waals surface area contributed by atoms with Gasteiger partial charge < -0.3 is 10.1 Å². The molecule has 7 nitrogen and oxygen atoms in total. The van der Waals surface area contributed by atoms with E-state index in [2.05, 4.69) is 12.2 Å². The van der Waals surface area contributed by atoms with Crippen LogP contribution in [0.3, 0.4) is 0 Å². The van der Waals surface area contributed by atoms with Crippen LogP contribution in [0.4, 0.5) is 5.00 Å². The largest absolute Gasteiger partial charge is 0.462 e. The first-order chi connectivity index (χ1) is 15.7. The van der Waals surface area contributed by atoms with Crippen LogP contribution in [0.25, 0.3) is 0 Å². The van der Waals surface area contributed by atoms with E-state index < -0.39 is 21.9 Å². The minimum atomic E-state index is -3.70. The highest BCUT2D eigenvalue weighted by molar-refractivity contribution is 7.91. The summed E-state index contributed by atoms with van der Waals surface area (Å²) in [5, 5.41) is 3.46. The number of fused-ring (bicyclic) bond motifs is 1. The first kappa shape index (κ1) is 24.7. The van der Waals surface area contributed by atoms with E-state index in [1.165, 1.54) is 21.7 Å². The van der Waals surface area contributed by atoms with Crippen molar-refractivity contribution in [2.24, 2.45) is 11.8 Å². The quantitative estimate of drug-likeness (QED) is 0.541. The van der Waals surface area contributed by atoms with E-state index in [-0.39, 0.29) is 23.3 Å². The van der Waals surface area contributed by atoms with Gasteiger partial charge in [-0.3, -0.25) is 4.79 Å². The van der Waals surface area contributed by atoms with E-state index in [9.17, 15) is 18.0 Å². The zero-order valence-electron chi connectivity index (χ0n) is 18.6. The highest BCUT2D eigenvalue weighted by Gasteiger charge is 2.35. The molecule has 0 saturated carbocycles. The number of carbonyl (C=O) groups excluding carboxylic acids is 2. The molecule has 2 unspecified atom stereocenters. The number of piperidine rings is 1. The van der Waals surface area contributed by atoms with Crippen molar-refractivity contribution < 1.29 is 22.7 Å². The Labute approximate surface area is 207 Å². The molecule has 1 aliphatic carbocycles. The number of carbonyl (C=O) groups is 2. The highest BCUT2D eigenvalue weighted by Crippen LogP contribution is 2.40. The lowest BCUT2D eigenvalue weighted by Crippen LogP contribution is -2.43. The number of nitrogens with zero attached hydrogens (tertiary/aromatic N) is 1. The van der Waals surface area contributed by atoms with Gasteiger partial charge in [0, 0.05) is 18.0 Å². The lowest BCUT2D eigenvalue weighted by Gasteiger charge is -2.30. The van der Waals surface area contributed by atoms with Crippen molar-refractivity contribution in [3.8, 4) is 0 Å². The van der Waals surface area contributed by atoms with Gasteiger partial charge in [-0.1, -0.05) is 18.5 Å². The second kappa shape index (κ2) is 10.0. The molecular weight excluding hydrogens is 504 g/mol. The second-order valence-corrected chi connectivity index (χ2v) is 13.5. The van der Waals surface area contributed by atoms with E-state index in [4.69, 9.17) is 16.3 Å². The molecule has 1 fully saturated rings. The van der Waals surface area contributed by atoms with E-state index >= 15 is 0 Å². The molecule has 2 aliphatic rings. The third kappa shape index (κ3) is 5.14. The molecule has 2 atom stereocenters. The van der Waals surface area contributed by atoms with Crippen molar-refractivity contribution in [3.05, 3.63) is 32.5 Å². The van der Waals surface area contributed by atoms with E-state index in [1.54, 1.807) is 13.0 Å². The van der Waals surface area contributed by atoms with Crippen molar-refractivity contribution in [2.75, 3.05) is 25.0 Å². The predicted molar refractivity (Wildman–Crippen MR) is 131 cm³/mol. The van der Waals surface area contributed by atoms with Gasteiger partial charge in [-0.05, 0) is 62.6 Å². The van der Waals surface area contributed by atoms with Gasteiger partial charge in [0.05, 0.1) is 22.4 Å². The monoisotopic (exact) mass is 530 g/mol. The number of amides is 1. The Morgan fingerprint density at radius 3 is 2.76 bits per heavy atom. The summed E-state index contributed by atoms with van der Waals surface area (Å²) in [4.78, 5) is 27.0. The minimum Gasteiger partial charge on any atom is -0.462 e. The number of nitrogens with one attached hydrogen (secondary N) is 1. The Morgan fingerprint density at radius 1 is 1.27 bits per heavy atom. The second-order valence-electron chi connectivity index (χ2n) is 8.53. The summed E-state index contributed by atoms with van der Waals surface area (Å²) in [6, 6.07) is 3.05. The van der Waals surface area contributed by atoms with Crippen LogP contribution in [0.1, 0.15) is 53.9 Å². The Kier molecular flexibility index (Phi) is 7.50. The number of rotatable bonds is 6. The van der Waals surface area contributed by atoms with Gasteiger partial charge in [0.1, 0.15) is 9.21 Å². The number of ether oxygens (including phenoxy) is 1. The minimum absolute atomic E-state index is 0.0978. The summed E-state index contributed by atoms with van der Waals surface area (Å²) < 4.78 is 33.2. The number of esters is 1. The van der Waals surface area contributed by atoms with Crippen LogP contribution in [-0.4, -0.2) is 44.3 Å². The molecule has 1 amide bonds. The third-order valence-corrected chi connectivity index (χ3v) is 10.9. The molecule has 0 spiro atoms. The van der Waals surface area contributed by atoms with Crippen molar-refractivity contribution in [2.45, 2.75) is 50.2 Å². The van der Waals surface area contributed by atoms with E-state index in [0.717, 1.165) is 41.0 Å². The van der Waals surface area contributed by atoms with Gasteiger partial charge in [-0.15, -0.1) is 22.7 Å². The van der Waals surface area contributed by atoms with Gasteiger partial charge in [-0.25, -0.2) is 13.2 Å². The predicted octanol–water partition coefficient (Wildman–Crippen LogP) is 4.80. The fourth-order valence-corrected chi connectivity index (χ4v) is 8.97. The Balaban J connectivity index is 1.54. The normalized spacial score (nSPS) is 21.4. The summed E-state index contributed by atoms with van der Waals surface area (Å²) in [5.41, 5.74) is 1.44. The van der Waals surface area contributed by atoms with E-state index in [1.807, 2.05) is 0 Å². The molecule has 33 heavy (non-hydrogen) atoms. The molecule has 2 aromatic rings. The molecule has 3 heterocycles. The lowest BCUT2D eigenvalue weighted by molar-refractivity contribution is -0.120. The summed E-state index contributed by atoms with van der Waals surface area (Å²) in [6.45, 7) is 4.66. The van der Waals surface area contributed by atoms with E-state index in [0.29, 0.717) is 40.2 Å². The molecule has 0 radical (unpaired) electrons. The zero-order chi connectivity index (χ0) is 23.8. The molecule has 1 saturated heterocycles. The molecule has 11 heteroatoms. The Hall–Kier alpha value is -1.46. The summed E-state index contributed by atoms with van der Waals surface area (Å²) >= 11 is 8.38. The fraction of sp³-hybridized carbons (Fsp3) is 0.545. The average molecular weight is 531 g/mol. The Morgan fingerprint density at radius 2 is 2.06 bits per heavy atom. The molecule has 1 aliphatic heterocycles. The summed E-state index contributed by atoms with van der Waals surface area (Å²) in [6.07, 6.45) is 3.82. The molecule has 0 aromatic carbocycles. The first-order valence-corrected chi connectivity index (χ1v) is 14.5. The van der Waals surface area contributed by atoms with Crippen LogP contribution < -0.4 is 5.32 Å². The molecular formula is C22H27ClN2O5S3. The smallest absolute Gasteiger partial charge is 0.341 e. The molecule has 1 N–H and O–H groups in total. The van der Waals surface area contributed by atoms with Crippen LogP contribution in [0, 0.1) is 11.8 Å². The number of anilines is 1. The van der Waals surface area contributed by atoms with Gasteiger partial charge in [0.2, 0.25) is 5.91 Å². The third-order valence-electron chi connectivity index (χ3n) is 6.13. The van der Waals surface area contributed by atoms with Crippen LogP contribution in [-0.2, 0) is 32.4 Å². The van der Waals surface area contributed by atoms with Crippen molar-refractivity contribution in [3.63, 3.8) is 0 Å². The van der Waals surface area contributed by atoms with Crippen LogP contribution in [0.15, 0.2) is 16.3 Å². The Bertz CT molecular complexity index is 1160. The highest BCUT2D eigenvalue weighted by atomic mass is 35.5.